The average Bonchev–Trinajstić information content (AvgIpc) is 3.13. The van der Waals surface area contributed by atoms with Gasteiger partial charge in [-0.25, -0.2) is 9.79 Å². The topological polar surface area (TPSA) is 57.1 Å². The van der Waals surface area contributed by atoms with Gasteiger partial charge < -0.3 is 14.2 Å². The van der Waals surface area contributed by atoms with Crippen molar-refractivity contribution in [2.45, 2.75) is 20.5 Å². The largest absolute Gasteiger partial charge is 0.493 e. The second-order valence-corrected chi connectivity index (χ2v) is 8.63. The number of cyclic esters (lactones) is 1. The number of hydrogen-bond acceptors (Lipinski definition) is 5. The maximum absolute atomic E-state index is 12.4. The zero-order chi connectivity index (χ0) is 22.7. The van der Waals surface area contributed by atoms with Crippen molar-refractivity contribution < 1.29 is 19.0 Å². The van der Waals surface area contributed by atoms with E-state index in [9.17, 15) is 4.79 Å². The van der Waals surface area contributed by atoms with Gasteiger partial charge in [0.05, 0.1) is 10.7 Å². The monoisotopic (exact) mass is 539 g/mol. The molecular weight excluding hydrogens is 517 g/mol. The van der Waals surface area contributed by atoms with Gasteiger partial charge in [0, 0.05) is 5.56 Å². The van der Waals surface area contributed by atoms with Crippen molar-refractivity contribution in [1.82, 2.24) is 0 Å². The van der Waals surface area contributed by atoms with E-state index in [-0.39, 0.29) is 5.70 Å². The fourth-order valence-electron chi connectivity index (χ4n) is 3.42. The van der Waals surface area contributed by atoms with Gasteiger partial charge in [0.15, 0.2) is 17.2 Å². The number of rotatable bonds is 6. The molecule has 6 heteroatoms. The molecule has 1 heterocycles. The first-order chi connectivity index (χ1) is 15.4. The number of carbonyl (C=O) groups is 1. The van der Waals surface area contributed by atoms with Gasteiger partial charge in [0.1, 0.15) is 6.61 Å². The summed E-state index contributed by atoms with van der Waals surface area (Å²) >= 11 is 2.21. The van der Waals surface area contributed by atoms with E-state index in [1.165, 1.54) is 5.56 Å². The number of nitrogens with zero attached hydrogens (tertiary/aromatic N) is 1. The number of benzene rings is 3. The summed E-state index contributed by atoms with van der Waals surface area (Å²) in [6, 6.07) is 19.6. The second-order valence-electron chi connectivity index (χ2n) is 7.46. The van der Waals surface area contributed by atoms with Crippen molar-refractivity contribution in [2.24, 2.45) is 4.99 Å². The molecule has 1 aliphatic heterocycles. The Balaban J connectivity index is 1.60. The van der Waals surface area contributed by atoms with Crippen LogP contribution in [0.2, 0.25) is 0 Å². The Morgan fingerprint density at radius 2 is 1.88 bits per heavy atom. The summed E-state index contributed by atoms with van der Waals surface area (Å²) in [7, 11) is 1.60. The van der Waals surface area contributed by atoms with Crippen molar-refractivity contribution in [3.8, 4) is 11.5 Å². The molecule has 0 unspecified atom stereocenters. The van der Waals surface area contributed by atoms with Gasteiger partial charge in [-0.3, -0.25) is 0 Å². The molecule has 0 aromatic heterocycles. The van der Waals surface area contributed by atoms with Crippen LogP contribution in [-0.2, 0) is 16.1 Å². The molecular formula is C26H22INO4. The van der Waals surface area contributed by atoms with Crippen molar-refractivity contribution in [3.05, 3.63) is 97.7 Å². The zero-order valence-electron chi connectivity index (χ0n) is 18.0. The smallest absolute Gasteiger partial charge is 0.363 e. The molecule has 0 saturated carbocycles. The Kier molecular flexibility index (Phi) is 6.60. The quantitative estimate of drug-likeness (QED) is 0.225. The van der Waals surface area contributed by atoms with Crippen molar-refractivity contribution >= 4 is 40.5 Å². The van der Waals surface area contributed by atoms with Crippen LogP contribution in [0.3, 0.4) is 0 Å². The number of ether oxygens (including phenoxy) is 3. The van der Waals surface area contributed by atoms with E-state index < -0.39 is 5.97 Å². The summed E-state index contributed by atoms with van der Waals surface area (Å²) in [5.41, 5.74) is 5.08. The lowest BCUT2D eigenvalue weighted by atomic mass is 10.1. The Labute approximate surface area is 200 Å². The molecule has 0 spiro atoms. The Morgan fingerprint density at radius 1 is 1.06 bits per heavy atom. The number of carbonyl (C=O) groups excluding carboxylic acids is 1. The minimum Gasteiger partial charge on any atom is -0.493 e. The highest BCUT2D eigenvalue weighted by atomic mass is 127. The number of aliphatic imine (C=N–C) groups is 1. The zero-order valence-corrected chi connectivity index (χ0v) is 20.2. The molecule has 0 bridgehead atoms. The van der Waals surface area contributed by atoms with Crippen LogP contribution in [0.25, 0.3) is 6.08 Å². The predicted molar refractivity (Wildman–Crippen MR) is 133 cm³/mol. The molecule has 0 N–H and O–H groups in total. The molecule has 0 atom stereocenters. The fourth-order valence-corrected chi connectivity index (χ4v) is 4.20. The minimum atomic E-state index is -0.475. The molecule has 0 amide bonds. The van der Waals surface area contributed by atoms with Crippen LogP contribution in [0.5, 0.6) is 11.5 Å². The third-order valence-corrected chi connectivity index (χ3v) is 5.82. The molecule has 0 radical (unpaired) electrons. The molecule has 5 nitrogen and oxygen atoms in total. The maximum Gasteiger partial charge on any atom is 0.363 e. The van der Waals surface area contributed by atoms with Crippen LogP contribution in [0.1, 0.15) is 27.8 Å². The number of halogens is 1. The van der Waals surface area contributed by atoms with Gasteiger partial charge in [-0.2, -0.15) is 0 Å². The van der Waals surface area contributed by atoms with Crippen molar-refractivity contribution in [2.75, 3.05) is 7.11 Å². The van der Waals surface area contributed by atoms with E-state index in [1.54, 1.807) is 13.2 Å². The molecule has 1 aliphatic rings. The maximum atomic E-state index is 12.4. The fraction of sp³-hybridized carbons (Fsp3) is 0.154. The van der Waals surface area contributed by atoms with E-state index in [4.69, 9.17) is 14.2 Å². The normalized spacial score (nSPS) is 14.3. The summed E-state index contributed by atoms with van der Waals surface area (Å²) in [5, 5.41) is 0. The molecule has 0 fully saturated rings. The third-order valence-electron chi connectivity index (χ3n) is 5.02. The first-order valence-corrected chi connectivity index (χ1v) is 11.2. The standard InChI is InChI=1S/C26H22INO4/c1-16-7-6-9-18(11-16)15-31-24-21(27)12-19(14-23(24)30-3)13-22-26(29)32-25(28-22)20-10-5-4-8-17(20)2/h4-14H,15H2,1-3H3/b22-13-. The summed E-state index contributed by atoms with van der Waals surface area (Å²) in [6.07, 6.45) is 1.70. The lowest BCUT2D eigenvalue weighted by Crippen LogP contribution is -2.06. The van der Waals surface area contributed by atoms with Crippen LogP contribution >= 0.6 is 22.6 Å². The SMILES string of the molecule is COc1cc(/C=C2\N=C(c3ccccc3C)OC2=O)cc(I)c1OCc1cccc(C)c1. The highest BCUT2D eigenvalue weighted by Gasteiger charge is 2.25. The van der Waals surface area contributed by atoms with Crippen LogP contribution in [0.4, 0.5) is 0 Å². The van der Waals surface area contributed by atoms with E-state index in [0.717, 1.165) is 25.8 Å². The Morgan fingerprint density at radius 3 is 2.62 bits per heavy atom. The van der Waals surface area contributed by atoms with Crippen LogP contribution in [0.15, 0.2) is 71.4 Å². The molecule has 162 valence electrons. The predicted octanol–water partition coefficient (Wildman–Crippen LogP) is 5.84. The van der Waals surface area contributed by atoms with Gasteiger partial charge in [-0.15, -0.1) is 0 Å². The molecule has 4 rings (SSSR count). The summed E-state index contributed by atoms with van der Waals surface area (Å²) in [6.45, 7) is 4.44. The number of esters is 1. The highest BCUT2D eigenvalue weighted by molar-refractivity contribution is 14.1. The minimum absolute atomic E-state index is 0.245. The first kappa shape index (κ1) is 22.1. The van der Waals surface area contributed by atoms with Gasteiger partial charge in [-0.05, 0) is 77.4 Å². The van der Waals surface area contributed by atoms with Gasteiger partial charge in [0.2, 0.25) is 5.90 Å². The first-order valence-electron chi connectivity index (χ1n) is 10.1. The van der Waals surface area contributed by atoms with Crippen molar-refractivity contribution in [3.63, 3.8) is 0 Å². The average molecular weight is 539 g/mol. The van der Waals surface area contributed by atoms with Gasteiger partial charge in [0.25, 0.3) is 0 Å². The van der Waals surface area contributed by atoms with Crippen LogP contribution in [-0.4, -0.2) is 19.0 Å². The second kappa shape index (κ2) is 9.56. The molecule has 0 saturated heterocycles. The molecule has 3 aromatic carbocycles. The van der Waals surface area contributed by atoms with Gasteiger partial charge in [-0.1, -0.05) is 48.0 Å². The van der Waals surface area contributed by atoms with E-state index in [0.29, 0.717) is 24.0 Å². The van der Waals surface area contributed by atoms with E-state index >= 15 is 0 Å². The van der Waals surface area contributed by atoms with Crippen LogP contribution in [0, 0.1) is 17.4 Å². The Bertz CT molecular complexity index is 1250. The Hall–Kier alpha value is -3.13. The van der Waals surface area contributed by atoms with Crippen LogP contribution < -0.4 is 9.47 Å². The molecule has 3 aromatic rings. The summed E-state index contributed by atoms with van der Waals surface area (Å²) < 4.78 is 17.9. The lowest BCUT2D eigenvalue weighted by molar-refractivity contribution is -0.129. The van der Waals surface area contributed by atoms with Crippen molar-refractivity contribution in [1.29, 1.82) is 0 Å². The highest BCUT2D eigenvalue weighted by Crippen LogP contribution is 2.35. The van der Waals surface area contributed by atoms with E-state index in [2.05, 4.69) is 46.6 Å². The lowest BCUT2D eigenvalue weighted by Gasteiger charge is -2.14. The van der Waals surface area contributed by atoms with E-state index in [1.807, 2.05) is 55.5 Å². The summed E-state index contributed by atoms with van der Waals surface area (Å²) in [4.78, 5) is 16.8. The molecule has 32 heavy (non-hydrogen) atoms. The number of methoxy groups -OCH3 is 1. The third kappa shape index (κ3) is 4.85. The van der Waals surface area contributed by atoms with Gasteiger partial charge >= 0.3 is 5.97 Å². The number of hydrogen-bond donors (Lipinski definition) is 0. The molecule has 0 aliphatic carbocycles. The summed E-state index contributed by atoms with van der Waals surface area (Å²) in [5.74, 6) is 1.09. The number of aryl methyl sites for hydroxylation is 2.